The van der Waals surface area contributed by atoms with Gasteiger partial charge in [0.1, 0.15) is 0 Å². The van der Waals surface area contributed by atoms with E-state index in [0.717, 1.165) is 19.6 Å². The van der Waals surface area contributed by atoms with Crippen LogP contribution in [0.2, 0.25) is 0 Å². The summed E-state index contributed by atoms with van der Waals surface area (Å²) in [6.45, 7) is 7.64. The average Bonchev–Trinajstić information content (AvgIpc) is 1.94. The minimum absolute atomic E-state index is 0.0359. The lowest BCUT2D eigenvalue weighted by Crippen LogP contribution is -2.21. The summed E-state index contributed by atoms with van der Waals surface area (Å²) in [6, 6.07) is 0. The SMILES string of the molecule is CC.CC1OCCCO1. The predicted octanol–water partition coefficient (Wildman–Crippen LogP) is 1.80. The van der Waals surface area contributed by atoms with E-state index in [9.17, 15) is 0 Å². The van der Waals surface area contributed by atoms with Gasteiger partial charge in [-0.05, 0) is 13.3 Å². The van der Waals surface area contributed by atoms with Gasteiger partial charge < -0.3 is 9.47 Å². The first-order chi connectivity index (χ1) is 4.39. The molecule has 1 heterocycles. The molecule has 0 bridgehead atoms. The second-order valence-electron chi connectivity index (χ2n) is 1.66. The van der Waals surface area contributed by atoms with Crippen LogP contribution in [0.25, 0.3) is 0 Å². The Hall–Kier alpha value is -0.0800. The molecule has 1 rings (SSSR count). The molecule has 0 atom stereocenters. The lowest BCUT2D eigenvalue weighted by Gasteiger charge is -2.18. The third-order valence-electron chi connectivity index (χ3n) is 0.994. The van der Waals surface area contributed by atoms with Crippen molar-refractivity contribution in [2.75, 3.05) is 13.2 Å². The summed E-state index contributed by atoms with van der Waals surface area (Å²) in [5.41, 5.74) is 0. The zero-order chi connectivity index (χ0) is 7.11. The molecule has 0 aromatic heterocycles. The van der Waals surface area contributed by atoms with Crippen molar-refractivity contribution in [2.45, 2.75) is 33.5 Å². The van der Waals surface area contributed by atoms with Crippen molar-refractivity contribution in [3.05, 3.63) is 0 Å². The lowest BCUT2D eigenvalue weighted by molar-refractivity contribution is -0.167. The van der Waals surface area contributed by atoms with Gasteiger partial charge in [0.2, 0.25) is 0 Å². The number of hydrogen-bond acceptors (Lipinski definition) is 2. The van der Waals surface area contributed by atoms with Crippen LogP contribution < -0.4 is 0 Å². The van der Waals surface area contributed by atoms with E-state index in [1.165, 1.54) is 0 Å². The molecular weight excluding hydrogens is 116 g/mol. The molecule has 9 heavy (non-hydrogen) atoms. The Morgan fingerprint density at radius 1 is 1.11 bits per heavy atom. The van der Waals surface area contributed by atoms with Gasteiger partial charge in [0.05, 0.1) is 13.2 Å². The first-order valence-corrected chi connectivity index (χ1v) is 3.63. The Kier molecular flexibility index (Phi) is 5.99. The molecule has 0 spiro atoms. The third-order valence-corrected chi connectivity index (χ3v) is 0.994. The third kappa shape index (κ3) is 4.43. The molecule has 0 aromatic rings. The van der Waals surface area contributed by atoms with Crippen LogP contribution in [0, 0.1) is 0 Å². The molecule has 1 saturated heterocycles. The zero-order valence-corrected chi connectivity index (χ0v) is 6.52. The molecule has 2 heteroatoms. The highest BCUT2D eigenvalue weighted by atomic mass is 16.7. The molecule has 1 fully saturated rings. The highest BCUT2D eigenvalue weighted by molar-refractivity contribution is 4.42. The molecule has 0 unspecified atom stereocenters. The lowest BCUT2D eigenvalue weighted by atomic mass is 10.4. The van der Waals surface area contributed by atoms with Crippen LogP contribution in [-0.4, -0.2) is 19.5 Å². The Balaban J connectivity index is 0.000000291. The Morgan fingerprint density at radius 2 is 1.56 bits per heavy atom. The van der Waals surface area contributed by atoms with Crippen LogP contribution in [0.5, 0.6) is 0 Å². The van der Waals surface area contributed by atoms with Crippen LogP contribution >= 0.6 is 0 Å². The van der Waals surface area contributed by atoms with Gasteiger partial charge >= 0.3 is 0 Å². The van der Waals surface area contributed by atoms with Gasteiger partial charge in [-0.2, -0.15) is 0 Å². The van der Waals surface area contributed by atoms with Crippen LogP contribution in [-0.2, 0) is 9.47 Å². The highest BCUT2D eigenvalue weighted by Gasteiger charge is 2.05. The maximum absolute atomic E-state index is 5.06. The molecule has 0 radical (unpaired) electrons. The van der Waals surface area contributed by atoms with E-state index in [4.69, 9.17) is 9.47 Å². The van der Waals surface area contributed by atoms with E-state index < -0.39 is 0 Å². The summed E-state index contributed by atoms with van der Waals surface area (Å²) in [6.07, 6.45) is 1.08. The maximum atomic E-state index is 5.06. The second-order valence-corrected chi connectivity index (χ2v) is 1.66. The molecule has 1 aliphatic heterocycles. The quantitative estimate of drug-likeness (QED) is 0.500. The van der Waals surface area contributed by atoms with Crippen molar-refractivity contribution in [1.82, 2.24) is 0 Å². The van der Waals surface area contributed by atoms with Gasteiger partial charge in [0.25, 0.3) is 0 Å². The molecule has 0 aromatic carbocycles. The van der Waals surface area contributed by atoms with Crippen molar-refractivity contribution < 1.29 is 9.47 Å². The fourth-order valence-corrected chi connectivity index (χ4v) is 0.606. The fraction of sp³-hybridized carbons (Fsp3) is 1.00. The summed E-state index contributed by atoms with van der Waals surface area (Å²) >= 11 is 0. The molecule has 2 nitrogen and oxygen atoms in total. The monoisotopic (exact) mass is 132 g/mol. The van der Waals surface area contributed by atoms with Gasteiger partial charge in [0, 0.05) is 0 Å². The molecule has 0 aliphatic carbocycles. The van der Waals surface area contributed by atoms with Crippen LogP contribution in [0.15, 0.2) is 0 Å². The number of rotatable bonds is 0. The van der Waals surface area contributed by atoms with Crippen molar-refractivity contribution in [1.29, 1.82) is 0 Å². The molecule has 0 saturated carbocycles. The summed E-state index contributed by atoms with van der Waals surface area (Å²) in [7, 11) is 0. The minimum Gasteiger partial charge on any atom is -0.353 e. The summed E-state index contributed by atoms with van der Waals surface area (Å²) in [5.74, 6) is 0. The first-order valence-electron chi connectivity index (χ1n) is 3.63. The number of ether oxygens (including phenoxy) is 2. The van der Waals surface area contributed by atoms with E-state index in [1.54, 1.807) is 0 Å². The highest BCUT2D eigenvalue weighted by Crippen LogP contribution is 2.01. The Morgan fingerprint density at radius 3 is 1.78 bits per heavy atom. The molecular formula is C7H16O2. The van der Waals surface area contributed by atoms with Crippen molar-refractivity contribution >= 4 is 0 Å². The van der Waals surface area contributed by atoms with Crippen molar-refractivity contribution in [3.8, 4) is 0 Å². The van der Waals surface area contributed by atoms with Crippen LogP contribution in [0.3, 0.4) is 0 Å². The van der Waals surface area contributed by atoms with E-state index in [2.05, 4.69) is 0 Å². The molecule has 1 aliphatic rings. The van der Waals surface area contributed by atoms with E-state index in [-0.39, 0.29) is 6.29 Å². The van der Waals surface area contributed by atoms with Crippen LogP contribution in [0.1, 0.15) is 27.2 Å². The molecule has 56 valence electrons. The smallest absolute Gasteiger partial charge is 0.154 e. The first kappa shape index (κ1) is 8.92. The van der Waals surface area contributed by atoms with E-state index in [0.29, 0.717) is 0 Å². The summed E-state index contributed by atoms with van der Waals surface area (Å²) in [4.78, 5) is 0. The van der Waals surface area contributed by atoms with E-state index in [1.807, 2.05) is 20.8 Å². The Bertz CT molecular complexity index is 48.9. The minimum atomic E-state index is 0.0359. The average molecular weight is 132 g/mol. The fourth-order valence-electron chi connectivity index (χ4n) is 0.606. The van der Waals surface area contributed by atoms with Gasteiger partial charge in [-0.1, -0.05) is 13.8 Å². The van der Waals surface area contributed by atoms with Gasteiger partial charge in [-0.25, -0.2) is 0 Å². The van der Waals surface area contributed by atoms with Gasteiger partial charge in [-0.15, -0.1) is 0 Å². The second kappa shape index (κ2) is 6.05. The van der Waals surface area contributed by atoms with Crippen LogP contribution in [0.4, 0.5) is 0 Å². The standard InChI is InChI=1S/C5H10O2.C2H6/c1-5-6-3-2-4-7-5;1-2/h5H,2-4H2,1H3;1-2H3. The topological polar surface area (TPSA) is 18.5 Å². The van der Waals surface area contributed by atoms with Gasteiger partial charge in [-0.3, -0.25) is 0 Å². The largest absolute Gasteiger partial charge is 0.353 e. The number of hydrogen-bond donors (Lipinski definition) is 0. The van der Waals surface area contributed by atoms with Crippen molar-refractivity contribution in [2.24, 2.45) is 0 Å². The predicted molar refractivity (Wildman–Crippen MR) is 37.3 cm³/mol. The Labute approximate surface area is 57.2 Å². The molecule has 0 amide bonds. The van der Waals surface area contributed by atoms with E-state index >= 15 is 0 Å². The normalized spacial score (nSPS) is 20.3. The zero-order valence-electron chi connectivity index (χ0n) is 6.52. The maximum Gasteiger partial charge on any atom is 0.154 e. The summed E-state index contributed by atoms with van der Waals surface area (Å²) < 4.78 is 10.1. The van der Waals surface area contributed by atoms with Crippen molar-refractivity contribution in [3.63, 3.8) is 0 Å². The van der Waals surface area contributed by atoms with Gasteiger partial charge in [0.15, 0.2) is 6.29 Å². The summed E-state index contributed by atoms with van der Waals surface area (Å²) in [5, 5.41) is 0. The molecule has 0 N–H and O–H groups in total.